The van der Waals surface area contributed by atoms with Gasteiger partial charge in [0.1, 0.15) is 16.6 Å². The Hall–Kier alpha value is -2.87. The van der Waals surface area contributed by atoms with Crippen LogP contribution in [-0.2, 0) is 4.74 Å². The van der Waals surface area contributed by atoms with Crippen LogP contribution in [0.15, 0.2) is 36.7 Å². The Balaban J connectivity index is 1.45. The number of hydrogen-bond donors (Lipinski definition) is 1. The van der Waals surface area contributed by atoms with Crippen molar-refractivity contribution in [2.24, 2.45) is 0 Å². The number of alkyl carbamates (subject to hydrolysis) is 1. The maximum Gasteiger partial charge on any atom is 0.407 e. The van der Waals surface area contributed by atoms with Crippen LogP contribution in [0.1, 0.15) is 33.6 Å². The zero-order valence-electron chi connectivity index (χ0n) is 17.3. The number of nitrogens with zero attached hydrogens (tertiary/aromatic N) is 5. The monoisotopic (exact) mass is 428 g/mol. The zero-order valence-corrected chi connectivity index (χ0v) is 18.1. The first kappa shape index (κ1) is 20.4. The van der Waals surface area contributed by atoms with E-state index in [0.717, 1.165) is 48.7 Å². The van der Waals surface area contributed by atoms with Crippen molar-refractivity contribution in [3.05, 3.63) is 41.8 Å². The molecule has 1 aliphatic rings. The first-order valence-electron chi connectivity index (χ1n) is 10.00. The summed E-state index contributed by atoms with van der Waals surface area (Å²) in [5.74, 6) is 0.874. The Bertz CT molecular complexity index is 1040. The number of hydrogen-bond acceptors (Lipinski definition) is 6. The summed E-state index contributed by atoms with van der Waals surface area (Å²) in [5.41, 5.74) is 2.03. The molecule has 1 amide bonds. The molecular formula is C21H25ClN6O2. The van der Waals surface area contributed by atoms with Crippen LogP contribution < -0.4 is 10.2 Å². The molecule has 0 saturated carbocycles. The van der Waals surface area contributed by atoms with Gasteiger partial charge in [0.15, 0.2) is 5.65 Å². The Labute approximate surface area is 180 Å². The maximum atomic E-state index is 12.0. The average molecular weight is 429 g/mol. The molecule has 0 radical (unpaired) electrons. The van der Waals surface area contributed by atoms with Gasteiger partial charge in [-0.2, -0.15) is 0 Å². The third-order valence-electron chi connectivity index (χ3n) is 4.91. The number of piperidine rings is 1. The van der Waals surface area contributed by atoms with Crippen molar-refractivity contribution in [1.29, 1.82) is 0 Å². The minimum Gasteiger partial charge on any atom is -0.444 e. The van der Waals surface area contributed by atoms with E-state index in [2.05, 4.69) is 20.2 Å². The number of ether oxygens (including phenoxy) is 1. The first-order valence-corrected chi connectivity index (χ1v) is 10.4. The lowest BCUT2D eigenvalue weighted by atomic mass is 10.1. The molecule has 0 aromatic carbocycles. The molecular weight excluding hydrogens is 404 g/mol. The van der Waals surface area contributed by atoms with E-state index in [1.54, 1.807) is 18.5 Å². The van der Waals surface area contributed by atoms with Crippen LogP contribution in [-0.4, -0.2) is 50.4 Å². The highest BCUT2D eigenvalue weighted by Crippen LogP contribution is 2.23. The Morgan fingerprint density at radius 2 is 1.90 bits per heavy atom. The zero-order chi connectivity index (χ0) is 21.3. The lowest BCUT2D eigenvalue weighted by molar-refractivity contribution is 0.0497. The molecule has 0 unspecified atom stereocenters. The molecule has 9 heteroatoms. The van der Waals surface area contributed by atoms with Gasteiger partial charge in [0.2, 0.25) is 0 Å². The number of nitrogens with one attached hydrogen (secondary N) is 1. The molecule has 1 N–H and O–H groups in total. The molecule has 30 heavy (non-hydrogen) atoms. The molecule has 158 valence electrons. The number of amides is 1. The summed E-state index contributed by atoms with van der Waals surface area (Å²) in [7, 11) is 0. The molecule has 4 heterocycles. The Morgan fingerprint density at radius 1 is 1.13 bits per heavy atom. The number of imidazole rings is 1. The van der Waals surface area contributed by atoms with Crippen molar-refractivity contribution < 1.29 is 9.53 Å². The SMILES string of the molecule is CC(C)(C)OC(=O)NC1CCN(c2ccc3ncc(-c4ccc(Cl)nc4)n3n2)CC1. The van der Waals surface area contributed by atoms with Crippen molar-refractivity contribution in [2.75, 3.05) is 18.0 Å². The fourth-order valence-electron chi connectivity index (χ4n) is 3.48. The summed E-state index contributed by atoms with van der Waals surface area (Å²) in [4.78, 5) is 22.8. The van der Waals surface area contributed by atoms with Gasteiger partial charge in [0.25, 0.3) is 0 Å². The van der Waals surface area contributed by atoms with E-state index < -0.39 is 5.60 Å². The van der Waals surface area contributed by atoms with Gasteiger partial charge in [0.05, 0.1) is 11.9 Å². The third kappa shape index (κ3) is 4.64. The molecule has 0 aliphatic carbocycles. The quantitative estimate of drug-likeness (QED) is 0.636. The summed E-state index contributed by atoms with van der Waals surface area (Å²) in [6.07, 6.45) is 4.80. The highest BCUT2D eigenvalue weighted by atomic mass is 35.5. The van der Waals surface area contributed by atoms with E-state index in [9.17, 15) is 4.79 Å². The number of rotatable bonds is 3. The Morgan fingerprint density at radius 3 is 2.57 bits per heavy atom. The first-order chi connectivity index (χ1) is 14.3. The van der Waals surface area contributed by atoms with Crippen molar-refractivity contribution in [3.8, 4) is 11.3 Å². The fraction of sp³-hybridized carbons (Fsp3) is 0.429. The molecule has 0 atom stereocenters. The van der Waals surface area contributed by atoms with E-state index in [4.69, 9.17) is 21.4 Å². The van der Waals surface area contributed by atoms with Gasteiger partial charge in [-0.15, -0.1) is 5.10 Å². The van der Waals surface area contributed by atoms with Crippen molar-refractivity contribution in [2.45, 2.75) is 45.3 Å². The lowest BCUT2D eigenvalue weighted by Gasteiger charge is -2.33. The number of pyridine rings is 1. The predicted molar refractivity (Wildman–Crippen MR) is 116 cm³/mol. The van der Waals surface area contributed by atoms with Crippen LogP contribution in [0.5, 0.6) is 0 Å². The van der Waals surface area contributed by atoms with Crippen LogP contribution in [0, 0.1) is 0 Å². The second-order valence-corrected chi connectivity index (χ2v) is 8.77. The summed E-state index contributed by atoms with van der Waals surface area (Å²) < 4.78 is 7.18. The van der Waals surface area contributed by atoms with Gasteiger partial charge in [-0.05, 0) is 57.9 Å². The van der Waals surface area contributed by atoms with E-state index in [-0.39, 0.29) is 12.1 Å². The topological polar surface area (TPSA) is 84.6 Å². The molecule has 0 spiro atoms. The Kier molecular flexibility index (Phi) is 5.51. The molecule has 3 aromatic rings. The minimum atomic E-state index is -0.494. The second kappa shape index (κ2) is 8.10. The van der Waals surface area contributed by atoms with Gasteiger partial charge in [-0.25, -0.2) is 19.3 Å². The summed E-state index contributed by atoms with van der Waals surface area (Å²) in [6.45, 7) is 7.18. The van der Waals surface area contributed by atoms with Crippen LogP contribution in [0.25, 0.3) is 16.9 Å². The van der Waals surface area contributed by atoms with Gasteiger partial charge < -0.3 is 15.0 Å². The molecule has 3 aromatic heterocycles. The molecule has 0 bridgehead atoms. The average Bonchev–Trinajstić information content (AvgIpc) is 3.11. The molecule has 1 fully saturated rings. The van der Waals surface area contributed by atoms with Gasteiger partial charge in [0, 0.05) is 30.9 Å². The molecule has 1 aliphatic heterocycles. The van der Waals surface area contributed by atoms with Crippen LogP contribution >= 0.6 is 11.6 Å². The van der Waals surface area contributed by atoms with Crippen LogP contribution in [0.2, 0.25) is 5.15 Å². The van der Waals surface area contributed by atoms with Crippen molar-refractivity contribution >= 4 is 29.2 Å². The van der Waals surface area contributed by atoms with Crippen LogP contribution in [0.3, 0.4) is 0 Å². The normalized spacial score (nSPS) is 15.4. The minimum absolute atomic E-state index is 0.101. The van der Waals surface area contributed by atoms with Gasteiger partial charge in [-0.3, -0.25) is 0 Å². The predicted octanol–water partition coefficient (Wildman–Crippen LogP) is 3.94. The highest BCUT2D eigenvalue weighted by molar-refractivity contribution is 6.29. The second-order valence-electron chi connectivity index (χ2n) is 8.38. The van der Waals surface area contributed by atoms with E-state index in [0.29, 0.717) is 5.15 Å². The fourth-order valence-corrected chi connectivity index (χ4v) is 3.60. The van der Waals surface area contributed by atoms with E-state index in [1.807, 2.05) is 43.5 Å². The number of carbonyl (C=O) groups excluding carboxylic acids is 1. The number of aromatic nitrogens is 4. The van der Waals surface area contributed by atoms with E-state index >= 15 is 0 Å². The molecule has 4 rings (SSSR count). The standard InChI is InChI=1S/C21H25ClN6O2/c1-21(2,3)30-20(29)25-15-8-10-27(11-9-15)19-7-6-18-24-13-16(28(18)26-19)14-4-5-17(22)23-12-14/h4-7,12-13,15H,8-11H2,1-3H3,(H,25,29). The van der Waals surface area contributed by atoms with Gasteiger partial charge in [-0.1, -0.05) is 11.6 Å². The molecule has 1 saturated heterocycles. The summed E-state index contributed by atoms with van der Waals surface area (Å²) >= 11 is 5.90. The van der Waals surface area contributed by atoms with E-state index in [1.165, 1.54) is 0 Å². The summed E-state index contributed by atoms with van der Waals surface area (Å²) in [5, 5.41) is 8.21. The maximum absolute atomic E-state index is 12.0. The van der Waals surface area contributed by atoms with Gasteiger partial charge >= 0.3 is 6.09 Å². The highest BCUT2D eigenvalue weighted by Gasteiger charge is 2.24. The van der Waals surface area contributed by atoms with Crippen molar-refractivity contribution in [3.63, 3.8) is 0 Å². The number of carbonyl (C=O) groups is 1. The largest absolute Gasteiger partial charge is 0.444 e. The number of halogens is 1. The third-order valence-corrected chi connectivity index (χ3v) is 5.13. The number of anilines is 1. The summed E-state index contributed by atoms with van der Waals surface area (Å²) in [6, 6.07) is 7.70. The smallest absolute Gasteiger partial charge is 0.407 e. The van der Waals surface area contributed by atoms with Crippen molar-refractivity contribution in [1.82, 2.24) is 24.9 Å². The van der Waals surface area contributed by atoms with Crippen LogP contribution in [0.4, 0.5) is 10.6 Å². The number of fused-ring (bicyclic) bond motifs is 1. The molecule has 8 nitrogen and oxygen atoms in total. The lowest BCUT2D eigenvalue weighted by Crippen LogP contribution is -2.46.